The average Bonchev–Trinajstić information content (AvgIpc) is 3.03. The quantitative estimate of drug-likeness (QED) is 0.0516. The topological polar surface area (TPSA) is 55.8 Å². The lowest BCUT2D eigenvalue weighted by Crippen LogP contribution is -2.47. The highest BCUT2D eigenvalue weighted by molar-refractivity contribution is 5.77. The van der Waals surface area contributed by atoms with E-state index in [0.717, 1.165) is 64.5 Å². The Hall–Kier alpha value is -1.10. The Bertz CT molecular complexity index is 749. The number of rotatable bonds is 33. The minimum Gasteiger partial charge on any atom is -0.465 e. The molecule has 0 aromatic rings. The van der Waals surface area contributed by atoms with E-state index in [2.05, 4.69) is 67.3 Å². The third-order valence-electron chi connectivity index (χ3n) is 10.9. The normalized spacial score (nSPS) is 13.6. The van der Waals surface area contributed by atoms with Crippen LogP contribution >= 0.6 is 0 Å². The number of hydrogen-bond acceptors (Lipinski definition) is 5. The third-order valence-corrected chi connectivity index (χ3v) is 10.9. The van der Waals surface area contributed by atoms with Crippen LogP contribution in [-0.2, 0) is 19.1 Å². The first-order valence-corrected chi connectivity index (χ1v) is 20.5. The predicted molar refractivity (Wildman–Crippen MR) is 203 cm³/mol. The van der Waals surface area contributed by atoms with Gasteiger partial charge >= 0.3 is 11.9 Å². The number of hydrogen-bond donors (Lipinski definition) is 0. The third kappa shape index (κ3) is 23.0. The molecule has 0 aliphatic heterocycles. The smallest absolute Gasteiger partial charge is 0.312 e. The second kappa shape index (κ2) is 28.7. The van der Waals surface area contributed by atoms with Gasteiger partial charge in [0.2, 0.25) is 0 Å². The largest absolute Gasteiger partial charge is 0.465 e. The molecule has 2 unspecified atom stereocenters. The maximum atomic E-state index is 13.6. The number of esters is 2. The lowest BCUT2D eigenvalue weighted by atomic mass is 9.67. The van der Waals surface area contributed by atoms with Crippen molar-refractivity contribution >= 4 is 11.9 Å². The van der Waals surface area contributed by atoms with Gasteiger partial charge in [-0.15, -0.1) is 0 Å². The fourth-order valence-corrected chi connectivity index (χ4v) is 6.45. The summed E-state index contributed by atoms with van der Waals surface area (Å²) in [5.74, 6) is 0.479. The summed E-state index contributed by atoms with van der Waals surface area (Å²) in [5.41, 5.74) is -0.739. The van der Waals surface area contributed by atoms with Crippen molar-refractivity contribution in [3.8, 4) is 0 Å². The Labute approximate surface area is 294 Å². The van der Waals surface area contributed by atoms with Gasteiger partial charge in [-0.1, -0.05) is 144 Å². The van der Waals surface area contributed by atoms with Crippen LogP contribution in [0.2, 0.25) is 0 Å². The second-order valence-electron chi connectivity index (χ2n) is 16.0. The van der Waals surface area contributed by atoms with Crippen LogP contribution in [0.4, 0.5) is 0 Å². The molecule has 5 nitrogen and oxygen atoms in total. The monoisotopic (exact) mass is 666 g/mol. The number of ether oxygens (including phenoxy) is 2. The highest BCUT2D eigenvalue weighted by atomic mass is 16.5. The minimum atomic E-state index is -0.555. The van der Waals surface area contributed by atoms with Crippen molar-refractivity contribution in [2.24, 2.45) is 16.7 Å². The summed E-state index contributed by atoms with van der Waals surface area (Å²) >= 11 is 0. The van der Waals surface area contributed by atoms with E-state index < -0.39 is 5.41 Å². The zero-order valence-corrected chi connectivity index (χ0v) is 33.3. The first kappa shape index (κ1) is 45.9. The van der Waals surface area contributed by atoms with E-state index in [-0.39, 0.29) is 23.5 Å². The fourth-order valence-electron chi connectivity index (χ4n) is 6.45. The zero-order valence-electron chi connectivity index (χ0n) is 33.3. The van der Waals surface area contributed by atoms with Gasteiger partial charge in [0.05, 0.1) is 12.0 Å². The maximum absolute atomic E-state index is 13.6. The number of carbonyl (C=O) groups is 2. The Morgan fingerprint density at radius 2 is 1.04 bits per heavy atom. The molecule has 2 atom stereocenters. The van der Waals surface area contributed by atoms with Crippen LogP contribution in [0.25, 0.3) is 0 Å². The molecule has 0 bridgehead atoms. The van der Waals surface area contributed by atoms with E-state index in [9.17, 15) is 9.59 Å². The van der Waals surface area contributed by atoms with Gasteiger partial charge in [0.25, 0.3) is 0 Å². The number of carbonyl (C=O) groups excluding carboxylic acids is 2. The molecular formula is C42H83NO4. The van der Waals surface area contributed by atoms with E-state index in [0.29, 0.717) is 18.9 Å². The van der Waals surface area contributed by atoms with Gasteiger partial charge in [-0.05, 0) is 83.7 Å². The fraction of sp³-hybridized carbons (Fsp3) is 0.952. The average molecular weight is 666 g/mol. The summed E-state index contributed by atoms with van der Waals surface area (Å²) in [6.45, 7) is 19.9. The molecule has 0 aromatic carbocycles. The molecule has 280 valence electrons. The Morgan fingerprint density at radius 3 is 1.57 bits per heavy atom. The van der Waals surface area contributed by atoms with Gasteiger partial charge in [0.1, 0.15) is 6.10 Å². The van der Waals surface area contributed by atoms with Gasteiger partial charge in [-0.25, -0.2) is 0 Å². The second-order valence-corrected chi connectivity index (χ2v) is 16.0. The van der Waals surface area contributed by atoms with Crippen LogP contribution in [0.5, 0.6) is 0 Å². The van der Waals surface area contributed by atoms with E-state index in [1.165, 1.54) is 96.3 Å². The molecule has 0 aromatic heterocycles. The van der Waals surface area contributed by atoms with E-state index in [1.807, 2.05) is 0 Å². The zero-order chi connectivity index (χ0) is 35.4. The van der Waals surface area contributed by atoms with E-state index >= 15 is 0 Å². The summed E-state index contributed by atoms with van der Waals surface area (Å²) in [5, 5.41) is 0. The lowest BCUT2D eigenvalue weighted by Gasteiger charge is -2.42. The Balaban J connectivity index is 4.59. The van der Waals surface area contributed by atoms with Gasteiger partial charge in [-0.3, -0.25) is 9.59 Å². The van der Waals surface area contributed by atoms with Crippen molar-refractivity contribution in [2.75, 3.05) is 26.7 Å². The van der Waals surface area contributed by atoms with Gasteiger partial charge in [-0.2, -0.15) is 0 Å². The van der Waals surface area contributed by atoms with E-state index in [1.54, 1.807) is 0 Å². The van der Waals surface area contributed by atoms with Crippen LogP contribution < -0.4 is 0 Å². The van der Waals surface area contributed by atoms with Crippen LogP contribution in [0, 0.1) is 16.7 Å². The standard InChI is InChI=1S/C42H83NO4/c1-10-14-17-19-20-23-27-32-38(47-40(45)42(7,8)41(5,6)36-43(9)13-4)33-28-24-21-22-25-29-34-39(44)46-35-37(30-16-12-3)31-26-18-15-11-2/h37-38H,10-36H2,1-9H3. The van der Waals surface area contributed by atoms with Crippen LogP contribution in [-0.4, -0.2) is 49.7 Å². The molecule has 0 saturated carbocycles. The van der Waals surface area contributed by atoms with Crippen molar-refractivity contribution in [3.63, 3.8) is 0 Å². The maximum Gasteiger partial charge on any atom is 0.312 e. The molecular weight excluding hydrogens is 582 g/mol. The van der Waals surface area contributed by atoms with Gasteiger partial charge in [0.15, 0.2) is 0 Å². The summed E-state index contributed by atoms with van der Waals surface area (Å²) in [4.78, 5) is 28.3. The molecule has 5 heteroatoms. The molecule has 47 heavy (non-hydrogen) atoms. The van der Waals surface area contributed by atoms with Gasteiger partial charge < -0.3 is 14.4 Å². The highest BCUT2D eigenvalue weighted by Gasteiger charge is 2.45. The number of unbranched alkanes of at least 4 members (excludes halogenated alkanes) is 15. The molecule has 0 aliphatic rings. The number of nitrogens with zero attached hydrogens (tertiary/aromatic N) is 1. The van der Waals surface area contributed by atoms with Crippen molar-refractivity contribution < 1.29 is 19.1 Å². The van der Waals surface area contributed by atoms with Crippen LogP contribution in [0.1, 0.15) is 209 Å². The van der Waals surface area contributed by atoms with Crippen LogP contribution in [0.3, 0.4) is 0 Å². The van der Waals surface area contributed by atoms with Crippen molar-refractivity contribution in [1.29, 1.82) is 0 Å². The molecule has 0 N–H and O–H groups in total. The lowest BCUT2D eigenvalue weighted by molar-refractivity contribution is -0.168. The Morgan fingerprint density at radius 1 is 0.596 bits per heavy atom. The first-order valence-electron chi connectivity index (χ1n) is 20.5. The molecule has 0 rings (SSSR count). The van der Waals surface area contributed by atoms with Gasteiger partial charge in [0, 0.05) is 13.0 Å². The molecule has 0 aliphatic carbocycles. The molecule has 0 heterocycles. The van der Waals surface area contributed by atoms with Crippen molar-refractivity contribution in [3.05, 3.63) is 0 Å². The summed E-state index contributed by atoms with van der Waals surface area (Å²) in [6, 6.07) is 0. The molecule has 0 fully saturated rings. The summed E-state index contributed by atoms with van der Waals surface area (Å²) in [6.07, 6.45) is 27.9. The Kier molecular flexibility index (Phi) is 28.0. The summed E-state index contributed by atoms with van der Waals surface area (Å²) in [7, 11) is 2.12. The van der Waals surface area contributed by atoms with E-state index in [4.69, 9.17) is 9.47 Å². The molecule has 0 saturated heterocycles. The van der Waals surface area contributed by atoms with Crippen molar-refractivity contribution in [1.82, 2.24) is 4.90 Å². The molecule has 0 spiro atoms. The highest BCUT2D eigenvalue weighted by Crippen LogP contribution is 2.40. The minimum absolute atomic E-state index is 0.0116. The van der Waals surface area contributed by atoms with Crippen LogP contribution in [0.15, 0.2) is 0 Å². The molecule has 0 amide bonds. The first-order chi connectivity index (χ1) is 22.4. The van der Waals surface area contributed by atoms with Crippen molar-refractivity contribution in [2.45, 2.75) is 216 Å². The predicted octanol–water partition coefficient (Wildman–Crippen LogP) is 12.5. The molecule has 0 radical (unpaired) electrons. The summed E-state index contributed by atoms with van der Waals surface area (Å²) < 4.78 is 12.0. The SMILES string of the molecule is CCCCCCCCCC(CCCCCCCCC(=O)OCC(CCCC)CCCCCC)OC(=O)C(C)(C)C(C)(C)CN(C)CC.